The number of imidazole rings is 1. The number of halogens is 1. The summed E-state index contributed by atoms with van der Waals surface area (Å²) < 4.78 is 20.3. The van der Waals surface area contributed by atoms with Gasteiger partial charge in [0.1, 0.15) is 29.9 Å². The van der Waals surface area contributed by atoms with Crippen LogP contribution in [0.2, 0.25) is 0 Å². The summed E-state index contributed by atoms with van der Waals surface area (Å²) in [6.45, 7) is 0.788. The fraction of sp³-hybridized carbons (Fsp3) is 0.429. The molecule has 0 unspecified atom stereocenters. The van der Waals surface area contributed by atoms with E-state index in [0.717, 1.165) is 11.3 Å². The Hall–Kier alpha value is -3.00. The topological polar surface area (TPSA) is 160 Å². The van der Waals surface area contributed by atoms with Crippen molar-refractivity contribution >= 4 is 34.8 Å². The van der Waals surface area contributed by atoms with Crippen LogP contribution in [0.3, 0.4) is 0 Å². The summed E-state index contributed by atoms with van der Waals surface area (Å²) in [5.41, 5.74) is 7.43. The largest absolute Gasteiger partial charge is 0.387 e. The number of aliphatic hydroxyl groups excluding tert-OH is 2. The smallest absolute Gasteiger partial charge is 0.315 e. The zero-order valence-electron chi connectivity index (χ0n) is 18.2. The van der Waals surface area contributed by atoms with E-state index in [0.29, 0.717) is 36.4 Å². The van der Waals surface area contributed by atoms with Crippen molar-refractivity contribution in [2.24, 2.45) is 0 Å². The van der Waals surface area contributed by atoms with Gasteiger partial charge in [-0.25, -0.2) is 24.1 Å². The third-order valence-corrected chi connectivity index (χ3v) is 6.54. The zero-order chi connectivity index (χ0) is 24.1. The Morgan fingerprint density at radius 1 is 1.18 bits per heavy atom. The number of amides is 2. The Balaban J connectivity index is 1.16. The fourth-order valence-electron chi connectivity index (χ4n) is 3.58. The summed E-state index contributed by atoms with van der Waals surface area (Å²) in [6.07, 6.45) is -0.155. The van der Waals surface area contributed by atoms with Crippen molar-refractivity contribution in [1.29, 1.82) is 0 Å². The van der Waals surface area contributed by atoms with E-state index in [2.05, 4.69) is 25.6 Å². The van der Waals surface area contributed by atoms with Gasteiger partial charge in [0.2, 0.25) is 0 Å². The van der Waals surface area contributed by atoms with Crippen LogP contribution < -0.4 is 16.4 Å². The fourth-order valence-corrected chi connectivity index (χ4v) is 4.60. The Bertz CT molecular complexity index is 1120. The number of benzene rings is 1. The second kappa shape index (κ2) is 11.0. The maximum Gasteiger partial charge on any atom is 0.315 e. The Morgan fingerprint density at radius 2 is 1.97 bits per heavy atom. The number of rotatable bonds is 9. The molecule has 1 aliphatic rings. The summed E-state index contributed by atoms with van der Waals surface area (Å²) in [7, 11) is 0. The van der Waals surface area contributed by atoms with Crippen LogP contribution in [-0.2, 0) is 11.3 Å². The molecular weight excluding hydrogens is 465 g/mol. The molecule has 1 fully saturated rings. The molecule has 182 valence electrons. The molecule has 1 saturated heterocycles. The molecule has 4 rings (SSSR count). The highest BCUT2D eigenvalue weighted by Gasteiger charge is 2.44. The number of carbonyl (C=O) groups excluding carboxylic acids is 1. The number of ether oxygens (including phenoxy) is 1. The minimum atomic E-state index is -1.15. The lowest BCUT2D eigenvalue weighted by Crippen LogP contribution is -2.35. The van der Waals surface area contributed by atoms with Crippen molar-refractivity contribution in [3.63, 3.8) is 0 Å². The van der Waals surface area contributed by atoms with E-state index in [1.165, 1.54) is 24.8 Å². The standard InChI is InChI=1S/C21H26FN7O4S/c22-13-4-2-12(3-5-13)8-25-21(32)24-6-1-7-34-9-14-16(30)17(31)20(33-14)29-11-28-15-18(23)26-10-27-19(15)29/h2-5,10-11,14,16-17,20,30-31H,1,6-9H2,(H2,23,26,27)(H2,24,25,32)/t14-,16-,17-,20-/m1/s1. The van der Waals surface area contributed by atoms with Crippen LogP contribution >= 0.6 is 11.8 Å². The Morgan fingerprint density at radius 3 is 2.76 bits per heavy atom. The van der Waals surface area contributed by atoms with E-state index in [-0.39, 0.29) is 17.7 Å². The lowest BCUT2D eigenvalue weighted by molar-refractivity contribution is -0.0289. The molecule has 11 nitrogen and oxygen atoms in total. The monoisotopic (exact) mass is 491 g/mol. The summed E-state index contributed by atoms with van der Waals surface area (Å²) >= 11 is 1.55. The average molecular weight is 492 g/mol. The maximum atomic E-state index is 12.9. The van der Waals surface area contributed by atoms with Crippen molar-refractivity contribution in [2.75, 3.05) is 23.8 Å². The van der Waals surface area contributed by atoms with Gasteiger partial charge in [-0.3, -0.25) is 4.57 Å². The maximum absolute atomic E-state index is 12.9. The van der Waals surface area contributed by atoms with E-state index in [1.807, 2.05) is 0 Å². The number of nitrogen functional groups attached to an aromatic ring is 1. The van der Waals surface area contributed by atoms with Crippen LogP contribution in [0.4, 0.5) is 15.0 Å². The van der Waals surface area contributed by atoms with Gasteiger partial charge in [-0.2, -0.15) is 11.8 Å². The number of hydrogen-bond donors (Lipinski definition) is 5. The molecule has 13 heteroatoms. The predicted octanol–water partition coefficient (Wildman–Crippen LogP) is 0.789. The molecule has 0 aliphatic carbocycles. The van der Waals surface area contributed by atoms with Gasteiger partial charge < -0.3 is 31.3 Å². The molecule has 3 aromatic rings. The van der Waals surface area contributed by atoms with Gasteiger partial charge in [-0.1, -0.05) is 12.1 Å². The molecule has 2 aromatic heterocycles. The van der Waals surface area contributed by atoms with Crippen LogP contribution in [0, 0.1) is 5.82 Å². The van der Waals surface area contributed by atoms with E-state index in [4.69, 9.17) is 10.5 Å². The van der Waals surface area contributed by atoms with Crippen molar-refractivity contribution in [2.45, 2.75) is 37.5 Å². The minimum absolute atomic E-state index is 0.224. The lowest BCUT2D eigenvalue weighted by Gasteiger charge is -2.16. The van der Waals surface area contributed by atoms with E-state index < -0.39 is 24.5 Å². The van der Waals surface area contributed by atoms with Gasteiger partial charge in [-0.05, 0) is 29.9 Å². The SMILES string of the molecule is Nc1ncnc2c1ncn2[C@@H]1O[C@H](CSCCCNC(=O)NCc2ccc(F)cc2)[C@@H](O)[C@H]1O. The molecular formula is C21H26FN7O4S. The lowest BCUT2D eigenvalue weighted by atomic mass is 10.1. The number of aromatic nitrogens is 4. The number of hydrogen-bond acceptors (Lipinski definition) is 9. The van der Waals surface area contributed by atoms with Gasteiger partial charge in [0.05, 0.1) is 12.4 Å². The quantitative estimate of drug-likeness (QED) is 0.273. The van der Waals surface area contributed by atoms with Gasteiger partial charge in [0.15, 0.2) is 17.7 Å². The molecule has 3 heterocycles. The molecule has 0 bridgehead atoms. The number of carbonyl (C=O) groups is 1. The second-order valence-electron chi connectivity index (χ2n) is 7.79. The zero-order valence-corrected chi connectivity index (χ0v) is 19.0. The van der Waals surface area contributed by atoms with Gasteiger partial charge in [-0.15, -0.1) is 0 Å². The van der Waals surface area contributed by atoms with Crippen LogP contribution in [0.25, 0.3) is 11.2 Å². The van der Waals surface area contributed by atoms with Crippen molar-refractivity contribution < 1.29 is 24.1 Å². The van der Waals surface area contributed by atoms with Crippen LogP contribution in [0.15, 0.2) is 36.9 Å². The summed E-state index contributed by atoms with van der Waals surface area (Å²) in [5, 5.41) is 26.4. The molecule has 0 spiro atoms. The molecule has 34 heavy (non-hydrogen) atoms. The number of aliphatic hydroxyl groups is 2. The highest BCUT2D eigenvalue weighted by molar-refractivity contribution is 7.99. The molecule has 1 aliphatic heterocycles. The average Bonchev–Trinajstić information content (AvgIpc) is 3.38. The number of anilines is 1. The van der Waals surface area contributed by atoms with Gasteiger partial charge >= 0.3 is 6.03 Å². The van der Waals surface area contributed by atoms with Crippen molar-refractivity contribution in [1.82, 2.24) is 30.2 Å². The first-order chi connectivity index (χ1) is 16.4. The molecule has 6 N–H and O–H groups in total. The normalized spacial score (nSPS) is 22.2. The molecule has 0 saturated carbocycles. The van der Waals surface area contributed by atoms with Crippen LogP contribution in [0.5, 0.6) is 0 Å². The van der Waals surface area contributed by atoms with Crippen LogP contribution in [0.1, 0.15) is 18.2 Å². The van der Waals surface area contributed by atoms with Gasteiger partial charge in [0, 0.05) is 18.8 Å². The molecule has 2 amide bonds. The first-order valence-electron chi connectivity index (χ1n) is 10.7. The van der Waals surface area contributed by atoms with Crippen LogP contribution in [-0.4, -0.2) is 72.1 Å². The number of nitrogens with two attached hydrogens (primary N) is 1. The number of nitrogens with one attached hydrogen (secondary N) is 2. The van der Waals surface area contributed by atoms with Crippen molar-refractivity contribution in [3.8, 4) is 0 Å². The van der Waals surface area contributed by atoms with Gasteiger partial charge in [0.25, 0.3) is 0 Å². The first-order valence-corrected chi connectivity index (χ1v) is 11.9. The third kappa shape index (κ3) is 5.55. The Labute approximate surface area is 198 Å². The second-order valence-corrected chi connectivity index (χ2v) is 8.94. The highest BCUT2D eigenvalue weighted by Crippen LogP contribution is 2.33. The number of nitrogens with zero attached hydrogens (tertiary/aromatic N) is 4. The third-order valence-electron chi connectivity index (χ3n) is 5.40. The number of urea groups is 1. The van der Waals surface area contributed by atoms with E-state index in [9.17, 15) is 19.4 Å². The molecule has 1 aromatic carbocycles. The molecule has 0 radical (unpaired) electrons. The number of fused-ring (bicyclic) bond motifs is 1. The number of thioether (sulfide) groups is 1. The van der Waals surface area contributed by atoms with E-state index >= 15 is 0 Å². The summed E-state index contributed by atoms with van der Waals surface area (Å²) in [6, 6.07) is 5.63. The summed E-state index contributed by atoms with van der Waals surface area (Å²) in [4.78, 5) is 24.1. The minimum Gasteiger partial charge on any atom is -0.387 e. The Kier molecular flexibility index (Phi) is 7.77. The predicted molar refractivity (Wildman–Crippen MR) is 124 cm³/mol. The highest BCUT2D eigenvalue weighted by atomic mass is 32.2. The first kappa shape index (κ1) is 24.1. The van der Waals surface area contributed by atoms with E-state index in [1.54, 1.807) is 28.5 Å². The summed E-state index contributed by atoms with van der Waals surface area (Å²) in [5.74, 6) is 1.10. The van der Waals surface area contributed by atoms with Crippen molar-refractivity contribution in [3.05, 3.63) is 48.3 Å². The molecule has 4 atom stereocenters.